The molecule has 156 valence electrons. The SMILES string of the molecule is CC1(C)C(=O)N([C@@H]2C3CC4C[C@H]2C[C@@](C(N)=O)(C4)C3)C1c1ccnc2ccccc12. The maximum atomic E-state index is 13.5. The number of carbonyl (C=O) groups is 2. The highest BCUT2D eigenvalue weighted by Crippen LogP contribution is 2.64. The molecule has 2 amide bonds. The summed E-state index contributed by atoms with van der Waals surface area (Å²) in [4.78, 5) is 32.5. The standard InChI is InChI=1S/C25H29N3O2/c1-24(2)21(18-7-8-27-19-6-4-3-5-17(18)19)28(23(24)30)20-15-9-14-10-16(20)13-25(11-14,12-15)22(26)29/h3-8,14-16,20-21H,9-13H2,1-2H3,(H2,26,29)/t14?,15-,16?,20-,21?,25-/m0/s1. The third-order valence-corrected chi connectivity index (χ3v) is 8.79. The first-order chi connectivity index (χ1) is 14.3. The van der Waals surface area contributed by atoms with Crippen molar-refractivity contribution >= 4 is 22.7 Å². The number of carbonyl (C=O) groups excluding carboxylic acids is 2. The lowest BCUT2D eigenvalue weighted by Gasteiger charge is -2.66. The number of pyridine rings is 1. The van der Waals surface area contributed by atoms with Crippen LogP contribution in [0.5, 0.6) is 0 Å². The number of likely N-dealkylation sites (tertiary alicyclic amines) is 1. The van der Waals surface area contributed by atoms with Crippen molar-refractivity contribution in [2.24, 2.45) is 34.3 Å². The lowest BCUT2D eigenvalue weighted by Crippen LogP contribution is -2.71. The van der Waals surface area contributed by atoms with Crippen LogP contribution < -0.4 is 5.73 Å². The number of hydrogen-bond acceptors (Lipinski definition) is 3. The van der Waals surface area contributed by atoms with Crippen molar-refractivity contribution in [3.8, 4) is 0 Å². The van der Waals surface area contributed by atoms with Gasteiger partial charge in [-0.05, 0) is 81.4 Å². The van der Waals surface area contributed by atoms with E-state index in [4.69, 9.17) is 5.73 Å². The maximum absolute atomic E-state index is 13.5. The second kappa shape index (κ2) is 5.83. The molecule has 4 bridgehead atoms. The molecule has 5 nitrogen and oxygen atoms in total. The van der Waals surface area contributed by atoms with Crippen molar-refractivity contribution in [3.63, 3.8) is 0 Å². The first kappa shape index (κ1) is 18.3. The first-order valence-corrected chi connectivity index (χ1v) is 11.3. The number of β-lactam (4-membered cyclic amide) rings is 1. The number of para-hydroxylation sites is 1. The zero-order valence-corrected chi connectivity index (χ0v) is 17.7. The van der Waals surface area contributed by atoms with E-state index in [1.54, 1.807) is 0 Å². The summed E-state index contributed by atoms with van der Waals surface area (Å²) in [7, 11) is 0. The minimum Gasteiger partial charge on any atom is -0.369 e. The van der Waals surface area contributed by atoms with Crippen molar-refractivity contribution in [1.29, 1.82) is 0 Å². The Labute approximate surface area is 177 Å². The molecule has 5 fully saturated rings. The van der Waals surface area contributed by atoms with E-state index in [-0.39, 0.29) is 29.3 Å². The number of nitrogens with two attached hydrogens (primary N) is 1. The predicted octanol–water partition coefficient (Wildman–Crippen LogP) is 3.82. The van der Waals surface area contributed by atoms with Gasteiger partial charge in [-0.2, -0.15) is 0 Å². The predicted molar refractivity (Wildman–Crippen MR) is 114 cm³/mol. The van der Waals surface area contributed by atoms with Crippen LogP contribution in [0.25, 0.3) is 10.9 Å². The Morgan fingerprint density at radius 1 is 1.10 bits per heavy atom. The van der Waals surface area contributed by atoms with Gasteiger partial charge in [0.25, 0.3) is 0 Å². The average Bonchev–Trinajstić information content (AvgIpc) is 2.71. The lowest BCUT2D eigenvalue weighted by atomic mass is 9.46. The van der Waals surface area contributed by atoms with Crippen LogP contribution in [0.4, 0.5) is 0 Å². The van der Waals surface area contributed by atoms with Gasteiger partial charge in [0.1, 0.15) is 0 Å². The molecule has 3 unspecified atom stereocenters. The summed E-state index contributed by atoms with van der Waals surface area (Å²) in [6.07, 6.45) is 6.80. The molecule has 6 atom stereocenters. The fourth-order valence-corrected chi connectivity index (χ4v) is 7.80. The summed E-state index contributed by atoms with van der Waals surface area (Å²) in [5.74, 6) is 1.50. The zero-order chi connectivity index (χ0) is 20.8. The van der Waals surface area contributed by atoms with Crippen molar-refractivity contribution in [2.75, 3.05) is 0 Å². The van der Waals surface area contributed by atoms with Crippen molar-refractivity contribution in [2.45, 2.75) is 58.0 Å². The minimum atomic E-state index is -0.430. The van der Waals surface area contributed by atoms with Crippen molar-refractivity contribution in [1.82, 2.24) is 9.88 Å². The van der Waals surface area contributed by atoms with E-state index in [1.807, 2.05) is 24.4 Å². The van der Waals surface area contributed by atoms with E-state index in [0.717, 1.165) is 43.0 Å². The van der Waals surface area contributed by atoms with Gasteiger partial charge in [0, 0.05) is 23.0 Å². The second-order valence-corrected chi connectivity index (χ2v) is 10.9. The normalized spacial score (nSPS) is 38.7. The quantitative estimate of drug-likeness (QED) is 0.792. The molecule has 2 aromatic rings. The van der Waals surface area contributed by atoms with Gasteiger partial charge in [-0.25, -0.2) is 0 Å². The van der Waals surface area contributed by atoms with E-state index in [2.05, 4.69) is 35.9 Å². The van der Waals surface area contributed by atoms with Crippen LogP contribution in [0.2, 0.25) is 0 Å². The molecule has 2 N–H and O–H groups in total. The number of hydrogen-bond donors (Lipinski definition) is 1. The van der Waals surface area contributed by atoms with Gasteiger partial charge in [0.05, 0.1) is 17.0 Å². The molecule has 1 aromatic heterocycles. The van der Waals surface area contributed by atoms with Crippen LogP contribution >= 0.6 is 0 Å². The van der Waals surface area contributed by atoms with Gasteiger partial charge in [-0.3, -0.25) is 14.6 Å². The van der Waals surface area contributed by atoms with Crippen LogP contribution in [-0.4, -0.2) is 27.7 Å². The minimum absolute atomic E-state index is 0.0463. The summed E-state index contributed by atoms with van der Waals surface area (Å²) in [5.41, 5.74) is 7.30. The second-order valence-electron chi connectivity index (χ2n) is 10.9. The van der Waals surface area contributed by atoms with Crippen LogP contribution in [0, 0.1) is 28.6 Å². The molecule has 0 radical (unpaired) electrons. The number of primary amides is 1. The van der Waals surface area contributed by atoms with Crippen LogP contribution in [0.1, 0.15) is 57.6 Å². The third-order valence-electron chi connectivity index (χ3n) is 8.79. The van der Waals surface area contributed by atoms with Crippen LogP contribution in [-0.2, 0) is 9.59 Å². The smallest absolute Gasteiger partial charge is 0.231 e. The third kappa shape index (κ3) is 2.21. The number of benzene rings is 1. The summed E-state index contributed by atoms with van der Waals surface area (Å²) in [6, 6.07) is 10.6. The van der Waals surface area contributed by atoms with Gasteiger partial charge < -0.3 is 10.6 Å². The molecule has 1 saturated heterocycles. The number of rotatable bonds is 3. The van der Waals surface area contributed by atoms with E-state index in [9.17, 15) is 9.59 Å². The Morgan fingerprint density at radius 3 is 2.50 bits per heavy atom. The monoisotopic (exact) mass is 403 g/mol. The van der Waals surface area contributed by atoms with Crippen molar-refractivity contribution < 1.29 is 9.59 Å². The van der Waals surface area contributed by atoms with E-state index >= 15 is 0 Å². The Balaban J connectivity index is 1.42. The highest BCUT2D eigenvalue weighted by Gasteiger charge is 2.65. The summed E-state index contributed by atoms with van der Waals surface area (Å²) in [5, 5.41) is 1.13. The lowest BCUT2D eigenvalue weighted by molar-refractivity contribution is -0.198. The molecule has 1 aliphatic heterocycles. The first-order valence-electron chi connectivity index (χ1n) is 11.3. The Kier molecular flexibility index (Phi) is 3.57. The molecule has 4 saturated carbocycles. The summed E-state index contributed by atoms with van der Waals surface area (Å²) >= 11 is 0. The molecule has 7 rings (SSSR count). The molecule has 0 spiro atoms. The van der Waals surface area contributed by atoms with Crippen molar-refractivity contribution in [3.05, 3.63) is 42.1 Å². The fourth-order valence-electron chi connectivity index (χ4n) is 7.80. The molecule has 4 aliphatic carbocycles. The Hall–Kier alpha value is -2.43. The Morgan fingerprint density at radius 2 is 1.80 bits per heavy atom. The molecular formula is C25H29N3O2. The summed E-state index contributed by atoms with van der Waals surface area (Å²) in [6.45, 7) is 4.15. The highest BCUT2D eigenvalue weighted by molar-refractivity contribution is 5.93. The highest BCUT2D eigenvalue weighted by atomic mass is 16.2. The average molecular weight is 404 g/mol. The van der Waals surface area contributed by atoms with Gasteiger partial charge in [-0.15, -0.1) is 0 Å². The molecule has 1 aromatic carbocycles. The van der Waals surface area contributed by atoms with Gasteiger partial charge >= 0.3 is 0 Å². The molecule has 2 heterocycles. The van der Waals surface area contributed by atoms with Gasteiger partial charge in [0.2, 0.25) is 11.8 Å². The number of nitrogens with zero attached hydrogens (tertiary/aromatic N) is 2. The molecule has 30 heavy (non-hydrogen) atoms. The van der Waals surface area contributed by atoms with E-state index in [1.165, 1.54) is 5.56 Å². The molecule has 5 aliphatic rings. The van der Waals surface area contributed by atoms with Gasteiger partial charge in [0.15, 0.2) is 0 Å². The number of amides is 2. The molecular weight excluding hydrogens is 374 g/mol. The number of aromatic nitrogens is 1. The topological polar surface area (TPSA) is 76.3 Å². The van der Waals surface area contributed by atoms with E-state index < -0.39 is 5.41 Å². The maximum Gasteiger partial charge on any atom is 0.231 e. The van der Waals surface area contributed by atoms with E-state index in [0.29, 0.717) is 17.8 Å². The van der Waals surface area contributed by atoms with Gasteiger partial charge in [-0.1, -0.05) is 18.2 Å². The van der Waals surface area contributed by atoms with Crippen LogP contribution in [0.3, 0.4) is 0 Å². The largest absolute Gasteiger partial charge is 0.369 e. The fraction of sp³-hybridized carbons (Fsp3) is 0.560. The molecule has 5 heteroatoms. The van der Waals surface area contributed by atoms with Crippen LogP contribution in [0.15, 0.2) is 36.5 Å². The number of fused-ring (bicyclic) bond motifs is 1. The Bertz CT molecular complexity index is 1060. The zero-order valence-electron chi connectivity index (χ0n) is 17.7. The summed E-state index contributed by atoms with van der Waals surface area (Å²) < 4.78 is 0.